The first-order chi connectivity index (χ1) is 7.99. The Morgan fingerprint density at radius 1 is 1.18 bits per heavy atom. The third kappa shape index (κ3) is 2.83. The van der Waals surface area contributed by atoms with Crippen LogP contribution in [0.2, 0.25) is 0 Å². The molecule has 1 rings (SSSR count). The predicted molar refractivity (Wildman–Crippen MR) is 72.8 cm³/mol. The predicted octanol–water partition coefficient (Wildman–Crippen LogP) is 1.28. The third-order valence-corrected chi connectivity index (χ3v) is 4.25. The van der Waals surface area contributed by atoms with Gasteiger partial charge in [-0.1, -0.05) is 13.8 Å². The van der Waals surface area contributed by atoms with E-state index < -0.39 is 11.1 Å². The minimum Gasteiger partial charge on any atom is -0.312 e. The molecule has 0 spiro atoms. The lowest BCUT2D eigenvalue weighted by Crippen LogP contribution is -2.42. The molecule has 0 bridgehead atoms. The van der Waals surface area contributed by atoms with E-state index in [1.54, 1.807) is 19.4 Å². The van der Waals surface area contributed by atoms with Crippen molar-refractivity contribution in [1.82, 2.24) is 9.13 Å². The standard InChI is InChI=1S/C12H20N2O2S/c1-4-12(5-2,9-17)8-14-7-6-13(3)10(15)11(14)16/h6-7,17H,4-5,8-9H2,1-3H3. The van der Waals surface area contributed by atoms with Gasteiger partial charge in [-0.15, -0.1) is 0 Å². The van der Waals surface area contributed by atoms with E-state index in [4.69, 9.17) is 0 Å². The fraction of sp³-hybridized carbons (Fsp3) is 0.667. The van der Waals surface area contributed by atoms with Gasteiger partial charge in [0.2, 0.25) is 0 Å². The second-order valence-corrected chi connectivity index (χ2v) is 4.83. The third-order valence-electron chi connectivity index (χ3n) is 3.58. The van der Waals surface area contributed by atoms with Gasteiger partial charge in [0.25, 0.3) is 0 Å². The Bertz CT molecular complexity index is 478. The Hall–Kier alpha value is -0.970. The van der Waals surface area contributed by atoms with Crippen LogP contribution >= 0.6 is 12.6 Å². The van der Waals surface area contributed by atoms with Crippen LogP contribution in [0.25, 0.3) is 0 Å². The highest BCUT2D eigenvalue weighted by Crippen LogP contribution is 2.29. The van der Waals surface area contributed by atoms with Gasteiger partial charge in [-0.3, -0.25) is 9.59 Å². The molecule has 0 aromatic carbocycles. The number of aryl methyl sites for hydroxylation is 1. The molecule has 0 aliphatic rings. The smallest absolute Gasteiger partial charge is 0.312 e. The monoisotopic (exact) mass is 256 g/mol. The second-order valence-electron chi connectivity index (χ2n) is 4.51. The van der Waals surface area contributed by atoms with E-state index in [2.05, 4.69) is 26.5 Å². The molecule has 96 valence electrons. The summed E-state index contributed by atoms with van der Waals surface area (Å²) >= 11 is 4.37. The summed E-state index contributed by atoms with van der Waals surface area (Å²) in [6.45, 7) is 4.73. The van der Waals surface area contributed by atoms with Gasteiger partial charge in [0.05, 0.1) is 0 Å². The van der Waals surface area contributed by atoms with Crippen molar-refractivity contribution < 1.29 is 0 Å². The van der Waals surface area contributed by atoms with E-state index in [-0.39, 0.29) is 5.41 Å². The lowest BCUT2D eigenvalue weighted by Gasteiger charge is -2.30. The van der Waals surface area contributed by atoms with Crippen LogP contribution in [-0.4, -0.2) is 14.9 Å². The van der Waals surface area contributed by atoms with Crippen molar-refractivity contribution in [3.8, 4) is 0 Å². The maximum Gasteiger partial charge on any atom is 0.316 e. The Kier molecular flexibility index (Phi) is 4.62. The summed E-state index contributed by atoms with van der Waals surface area (Å²) in [5.74, 6) is 0.710. The largest absolute Gasteiger partial charge is 0.316 e. The van der Waals surface area contributed by atoms with Crippen LogP contribution in [0, 0.1) is 5.41 Å². The molecule has 4 nitrogen and oxygen atoms in total. The number of thiol groups is 1. The molecule has 0 saturated heterocycles. The zero-order valence-corrected chi connectivity index (χ0v) is 11.5. The number of aromatic nitrogens is 2. The molecule has 0 atom stereocenters. The van der Waals surface area contributed by atoms with Crippen molar-refractivity contribution in [3.05, 3.63) is 33.1 Å². The first-order valence-electron chi connectivity index (χ1n) is 5.86. The molecule has 0 amide bonds. The van der Waals surface area contributed by atoms with Crippen molar-refractivity contribution in [2.75, 3.05) is 5.75 Å². The molecule has 1 heterocycles. The highest BCUT2D eigenvalue weighted by molar-refractivity contribution is 7.80. The molecule has 0 aliphatic heterocycles. The van der Waals surface area contributed by atoms with Crippen LogP contribution in [0.15, 0.2) is 22.0 Å². The summed E-state index contributed by atoms with van der Waals surface area (Å²) in [6.07, 6.45) is 5.18. The van der Waals surface area contributed by atoms with E-state index in [0.717, 1.165) is 12.8 Å². The molecule has 5 heteroatoms. The van der Waals surface area contributed by atoms with Crippen molar-refractivity contribution in [2.45, 2.75) is 33.2 Å². The topological polar surface area (TPSA) is 44.0 Å². The van der Waals surface area contributed by atoms with Crippen LogP contribution in [0.4, 0.5) is 0 Å². The Labute approximate surface area is 107 Å². The minimum absolute atomic E-state index is 0.0146. The van der Waals surface area contributed by atoms with E-state index in [0.29, 0.717) is 12.3 Å². The van der Waals surface area contributed by atoms with Gasteiger partial charge in [-0.25, -0.2) is 0 Å². The molecule has 1 aromatic rings. The quantitative estimate of drug-likeness (QED) is 0.637. The highest BCUT2D eigenvalue weighted by Gasteiger charge is 2.25. The average molecular weight is 256 g/mol. The molecular formula is C12H20N2O2S. The van der Waals surface area contributed by atoms with Gasteiger partial charge in [0, 0.05) is 26.0 Å². The maximum atomic E-state index is 11.8. The summed E-state index contributed by atoms with van der Waals surface area (Å²) in [7, 11) is 1.58. The molecule has 0 N–H and O–H groups in total. The minimum atomic E-state index is -0.479. The Morgan fingerprint density at radius 2 is 1.76 bits per heavy atom. The highest BCUT2D eigenvalue weighted by atomic mass is 32.1. The summed E-state index contributed by atoms with van der Waals surface area (Å²) in [6, 6.07) is 0. The summed E-state index contributed by atoms with van der Waals surface area (Å²) in [5, 5.41) is 0. The molecular weight excluding hydrogens is 236 g/mol. The van der Waals surface area contributed by atoms with Gasteiger partial charge < -0.3 is 9.13 Å². The van der Waals surface area contributed by atoms with Gasteiger partial charge in [0.15, 0.2) is 0 Å². The molecule has 0 saturated carbocycles. The van der Waals surface area contributed by atoms with Crippen molar-refractivity contribution in [1.29, 1.82) is 0 Å². The maximum absolute atomic E-state index is 11.8. The fourth-order valence-electron chi connectivity index (χ4n) is 1.82. The van der Waals surface area contributed by atoms with E-state index in [1.807, 2.05) is 0 Å². The zero-order valence-electron chi connectivity index (χ0n) is 10.6. The lowest BCUT2D eigenvalue weighted by atomic mass is 9.84. The molecule has 0 radical (unpaired) electrons. The molecule has 0 unspecified atom stereocenters. The molecule has 0 fully saturated rings. The Balaban J connectivity index is 3.16. The SMILES string of the molecule is CCC(CC)(CS)Cn1ccn(C)c(=O)c1=O. The van der Waals surface area contributed by atoms with Crippen LogP contribution in [-0.2, 0) is 13.6 Å². The number of hydrogen-bond donors (Lipinski definition) is 1. The fourth-order valence-corrected chi connectivity index (χ4v) is 2.37. The van der Waals surface area contributed by atoms with Gasteiger partial charge in [-0.2, -0.15) is 12.6 Å². The first kappa shape index (κ1) is 14.1. The number of rotatable bonds is 5. The number of nitrogens with zero attached hydrogens (tertiary/aromatic N) is 2. The number of hydrogen-bond acceptors (Lipinski definition) is 3. The van der Waals surface area contributed by atoms with Gasteiger partial charge in [0.1, 0.15) is 0 Å². The van der Waals surface area contributed by atoms with Crippen LogP contribution in [0.5, 0.6) is 0 Å². The van der Waals surface area contributed by atoms with Crippen molar-refractivity contribution in [3.63, 3.8) is 0 Å². The molecule has 1 aromatic heterocycles. The van der Waals surface area contributed by atoms with E-state index >= 15 is 0 Å². The van der Waals surface area contributed by atoms with Gasteiger partial charge >= 0.3 is 11.1 Å². The average Bonchev–Trinajstić information content (AvgIpc) is 2.36. The normalized spacial score (nSPS) is 11.8. The van der Waals surface area contributed by atoms with Gasteiger partial charge in [-0.05, 0) is 24.0 Å². The van der Waals surface area contributed by atoms with Crippen LogP contribution in [0.3, 0.4) is 0 Å². The Morgan fingerprint density at radius 3 is 2.24 bits per heavy atom. The summed E-state index contributed by atoms with van der Waals surface area (Å²) < 4.78 is 2.81. The first-order valence-corrected chi connectivity index (χ1v) is 6.50. The van der Waals surface area contributed by atoms with Crippen LogP contribution in [0.1, 0.15) is 26.7 Å². The van der Waals surface area contributed by atoms with Crippen molar-refractivity contribution in [2.24, 2.45) is 12.5 Å². The van der Waals surface area contributed by atoms with E-state index in [9.17, 15) is 9.59 Å². The molecule has 17 heavy (non-hydrogen) atoms. The summed E-state index contributed by atoms with van der Waals surface area (Å²) in [5.41, 5.74) is -0.949. The van der Waals surface area contributed by atoms with Crippen molar-refractivity contribution >= 4 is 12.6 Å². The summed E-state index contributed by atoms with van der Waals surface area (Å²) in [4.78, 5) is 23.4. The zero-order chi connectivity index (χ0) is 13.1. The second kappa shape index (κ2) is 5.58. The van der Waals surface area contributed by atoms with Crippen LogP contribution < -0.4 is 11.1 Å². The molecule has 0 aliphatic carbocycles. The lowest BCUT2D eigenvalue weighted by molar-refractivity contribution is 0.253. The van der Waals surface area contributed by atoms with E-state index in [1.165, 1.54) is 9.13 Å².